The van der Waals surface area contributed by atoms with Crippen molar-refractivity contribution in [3.8, 4) is 0 Å². The van der Waals surface area contributed by atoms with Gasteiger partial charge in [-0.05, 0) is 17.7 Å². The number of aromatic nitrogens is 1. The van der Waals surface area contributed by atoms with Crippen molar-refractivity contribution in [2.45, 2.75) is 19.0 Å². The van der Waals surface area contributed by atoms with Gasteiger partial charge in [-0.3, -0.25) is 14.2 Å². The summed E-state index contributed by atoms with van der Waals surface area (Å²) in [5.41, 5.74) is 7.07. The number of rotatable bonds is 6. The van der Waals surface area contributed by atoms with Crippen LogP contribution in [0.5, 0.6) is 0 Å². The van der Waals surface area contributed by atoms with Gasteiger partial charge in [0.05, 0.1) is 5.52 Å². The van der Waals surface area contributed by atoms with Crippen LogP contribution in [0, 0.1) is 0 Å². The number of para-hydroxylation sites is 2. The molecule has 0 bridgehead atoms. The van der Waals surface area contributed by atoms with Gasteiger partial charge in [-0.1, -0.05) is 42.5 Å². The highest BCUT2D eigenvalue weighted by atomic mass is 16.4. The topological polar surface area (TPSA) is 107 Å². The Bertz CT molecular complexity index is 959. The van der Waals surface area contributed by atoms with Gasteiger partial charge >= 0.3 is 5.76 Å². The number of hydrogen-bond donors (Lipinski definition) is 2. The summed E-state index contributed by atoms with van der Waals surface area (Å²) in [6.45, 7) is 0.141. The monoisotopic (exact) mass is 339 g/mol. The van der Waals surface area contributed by atoms with Crippen molar-refractivity contribution in [2.24, 2.45) is 5.73 Å². The summed E-state index contributed by atoms with van der Waals surface area (Å²) in [6.07, 6.45) is 0.0139. The molecule has 0 saturated carbocycles. The fourth-order valence-electron chi connectivity index (χ4n) is 2.64. The number of nitrogens with two attached hydrogens (primary N) is 1. The maximum absolute atomic E-state index is 12.2. The van der Waals surface area contributed by atoms with Gasteiger partial charge in [0.15, 0.2) is 5.58 Å². The summed E-state index contributed by atoms with van der Waals surface area (Å²) in [4.78, 5) is 35.7. The van der Waals surface area contributed by atoms with E-state index in [1.165, 1.54) is 4.57 Å². The molecule has 1 atom stereocenters. The quantitative estimate of drug-likeness (QED) is 0.706. The fraction of sp³-hybridized carbons (Fsp3) is 0.167. The number of benzene rings is 2. The standard InChI is InChI=1S/C18H17N3O4/c19-17(23)16(12-6-2-1-3-7-12)20-15(22)10-11-21-13-8-4-5-9-14(13)25-18(21)24/h1-9,16H,10-11H2,(H2,19,23)(H,20,22). The molecule has 1 heterocycles. The van der Waals surface area contributed by atoms with Gasteiger partial charge in [0.1, 0.15) is 6.04 Å². The Hall–Kier alpha value is -3.35. The first-order valence-corrected chi connectivity index (χ1v) is 7.78. The molecule has 0 saturated heterocycles. The third-order valence-corrected chi connectivity index (χ3v) is 3.86. The van der Waals surface area contributed by atoms with Gasteiger partial charge in [-0.25, -0.2) is 4.79 Å². The minimum absolute atomic E-state index is 0.0139. The van der Waals surface area contributed by atoms with Gasteiger partial charge < -0.3 is 15.5 Å². The summed E-state index contributed by atoms with van der Waals surface area (Å²) >= 11 is 0. The van der Waals surface area contributed by atoms with Gasteiger partial charge in [0.25, 0.3) is 0 Å². The molecule has 0 aliphatic rings. The van der Waals surface area contributed by atoms with Crippen LogP contribution >= 0.6 is 0 Å². The van der Waals surface area contributed by atoms with E-state index in [-0.39, 0.29) is 18.9 Å². The average Bonchev–Trinajstić information content (AvgIpc) is 2.93. The molecule has 2 aromatic carbocycles. The van der Waals surface area contributed by atoms with Crippen molar-refractivity contribution in [1.82, 2.24) is 9.88 Å². The van der Waals surface area contributed by atoms with Crippen LogP contribution in [0.1, 0.15) is 18.0 Å². The second-order valence-electron chi connectivity index (χ2n) is 5.55. The summed E-state index contributed by atoms with van der Waals surface area (Å²) < 4.78 is 6.51. The predicted octanol–water partition coefficient (Wildman–Crippen LogP) is 1.33. The normalized spacial score (nSPS) is 12.0. The van der Waals surface area contributed by atoms with E-state index in [2.05, 4.69) is 5.32 Å². The summed E-state index contributed by atoms with van der Waals surface area (Å²) in [7, 11) is 0. The smallest absolute Gasteiger partial charge is 0.408 e. The van der Waals surface area contributed by atoms with E-state index in [0.717, 1.165) is 0 Å². The van der Waals surface area contributed by atoms with Crippen molar-refractivity contribution < 1.29 is 14.0 Å². The zero-order valence-electron chi connectivity index (χ0n) is 13.3. The molecular formula is C18H17N3O4. The van der Waals surface area contributed by atoms with E-state index in [1.807, 2.05) is 0 Å². The summed E-state index contributed by atoms with van der Waals surface area (Å²) in [5.74, 6) is -1.56. The Balaban J connectivity index is 1.70. The zero-order chi connectivity index (χ0) is 17.8. The molecule has 2 amide bonds. The highest BCUT2D eigenvalue weighted by Gasteiger charge is 2.20. The fourth-order valence-corrected chi connectivity index (χ4v) is 2.64. The van der Waals surface area contributed by atoms with E-state index in [9.17, 15) is 14.4 Å². The lowest BCUT2D eigenvalue weighted by Gasteiger charge is -2.15. The van der Waals surface area contributed by atoms with E-state index in [0.29, 0.717) is 16.7 Å². The first kappa shape index (κ1) is 16.5. The minimum Gasteiger partial charge on any atom is -0.408 e. The molecule has 3 N–H and O–H groups in total. The van der Waals surface area contributed by atoms with E-state index in [1.54, 1.807) is 54.6 Å². The van der Waals surface area contributed by atoms with E-state index >= 15 is 0 Å². The average molecular weight is 339 g/mol. The van der Waals surface area contributed by atoms with Crippen molar-refractivity contribution in [2.75, 3.05) is 0 Å². The first-order chi connectivity index (χ1) is 12.1. The lowest BCUT2D eigenvalue weighted by Crippen LogP contribution is -2.38. The second-order valence-corrected chi connectivity index (χ2v) is 5.55. The van der Waals surface area contributed by atoms with Crippen molar-refractivity contribution in [3.05, 3.63) is 70.7 Å². The molecule has 1 unspecified atom stereocenters. The maximum Gasteiger partial charge on any atom is 0.419 e. The largest absolute Gasteiger partial charge is 0.419 e. The summed E-state index contributed by atoms with van der Waals surface area (Å²) in [5, 5.41) is 2.60. The number of nitrogens with zero attached hydrogens (tertiary/aromatic N) is 1. The SMILES string of the molecule is NC(=O)C(NC(=O)CCn1c(=O)oc2ccccc21)c1ccccc1. The summed E-state index contributed by atoms with van der Waals surface area (Å²) in [6, 6.07) is 14.8. The van der Waals surface area contributed by atoms with Crippen LogP contribution in [0.4, 0.5) is 0 Å². The Morgan fingerprint density at radius 3 is 2.48 bits per heavy atom. The lowest BCUT2D eigenvalue weighted by molar-refractivity contribution is -0.127. The molecule has 0 aliphatic heterocycles. The number of fused-ring (bicyclic) bond motifs is 1. The number of amides is 2. The molecular weight excluding hydrogens is 322 g/mol. The van der Waals surface area contributed by atoms with E-state index in [4.69, 9.17) is 10.2 Å². The number of oxazole rings is 1. The molecule has 0 radical (unpaired) electrons. The van der Waals surface area contributed by atoms with Crippen molar-refractivity contribution in [1.29, 1.82) is 0 Å². The van der Waals surface area contributed by atoms with Crippen LogP contribution in [-0.2, 0) is 16.1 Å². The van der Waals surface area contributed by atoms with Crippen LogP contribution in [0.25, 0.3) is 11.1 Å². The highest BCUT2D eigenvalue weighted by molar-refractivity contribution is 5.87. The van der Waals surface area contributed by atoms with E-state index < -0.39 is 17.7 Å². The van der Waals surface area contributed by atoms with Crippen LogP contribution in [0.3, 0.4) is 0 Å². The van der Waals surface area contributed by atoms with Crippen molar-refractivity contribution >= 4 is 22.9 Å². The third-order valence-electron chi connectivity index (χ3n) is 3.86. The number of carbonyl (C=O) groups excluding carboxylic acids is 2. The Labute approximate surface area is 143 Å². The van der Waals surface area contributed by atoms with Gasteiger partial charge in [-0.15, -0.1) is 0 Å². The number of carbonyl (C=O) groups is 2. The molecule has 3 aromatic rings. The van der Waals surface area contributed by atoms with Crippen LogP contribution in [0.2, 0.25) is 0 Å². The zero-order valence-corrected chi connectivity index (χ0v) is 13.3. The highest BCUT2D eigenvalue weighted by Crippen LogP contribution is 2.14. The molecule has 128 valence electrons. The Morgan fingerprint density at radius 2 is 1.76 bits per heavy atom. The number of aryl methyl sites for hydroxylation is 1. The number of nitrogens with one attached hydrogen (secondary N) is 1. The lowest BCUT2D eigenvalue weighted by atomic mass is 10.1. The number of hydrogen-bond acceptors (Lipinski definition) is 4. The maximum atomic E-state index is 12.2. The van der Waals surface area contributed by atoms with Gasteiger partial charge in [0.2, 0.25) is 11.8 Å². The molecule has 0 spiro atoms. The van der Waals surface area contributed by atoms with Crippen LogP contribution in [0.15, 0.2) is 63.8 Å². The predicted molar refractivity (Wildman–Crippen MR) is 91.6 cm³/mol. The van der Waals surface area contributed by atoms with Crippen LogP contribution in [-0.4, -0.2) is 16.4 Å². The van der Waals surface area contributed by atoms with Gasteiger partial charge in [-0.2, -0.15) is 0 Å². The molecule has 7 nitrogen and oxygen atoms in total. The molecule has 7 heteroatoms. The molecule has 3 rings (SSSR count). The second kappa shape index (κ2) is 7.04. The van der Waals surface area contributed by atoms with Crippen LogP contribution < -0.4 is 16.8 Å². The molecule has 0 fully saturated rings. The minimum atomic E-state index is -0.911. The Morgan fingerprint density at radius 1 is 1.08 bits per heavy atom. The number of primary amides is 1. The molecule has 0 aliphatic carbocycles. The third kappa shape index (κ3) is 3.60. The molecule has 25 heavy (non-hydrogen) atoms. The van der Waals surface area contributed by atoms with Crippen molar-refractivity contribution in [3.63, 3.8) is 0 Å². The first-order valence-electron chi connectivity index (χ1n) is 7.78. The van der Waals surface area contributed by atoms with Gasteiger partial charge in [0, 0.05) is 13.0 Å². The molecule has 1 aromatic heterocycles. The Kier molecular flexibility index (Phi) is 4.65.